The van der Waals surface area contributed by atoms with Crippen LogP contribution in [0.4, 0.5) is 10.5 Å². The minimum atomic E-state index is -1.11. The van der Waals surface area contributed by atoms with Crippen LogP contribution in [-0.4, -0.2) is 23.8 Å². The van der Waals surface area contributed by atoms with Gasteiger partial charge in [-0.2, -0.15) is 0 Å². The molecule has 0 saturated heterocycles. The highest BCUT2D eigenvalue weighted by Crippen LogP contribution is 2.32. The fraction of sp³-hybridized carbons (Fsp3) is 0.0909. The van der Waals surface area contributed by atoms with Crippen LogP contribution in [-0.2, 0) is 4.74 Å². The summed E-state index contributed by atoms with van der Waals surface area (Å²) in [6.45, 7) is 3.46. The molecular weight excluding hydrogens is 325 g/mol. The van der Waals surface area contributed by atoms with E-state index in [0.717, 1.165) is 0 Å². The quantitative estimate of drug-likeness (QED) is 0.826. The van der Waals surface area contributed by atoms with E-state index in [1.807, 2.05) is 0 Å². The lowest BCUT2D eigenvalue weighted by atomic mass is 10.2. The molecular formula is C11H9BrClNO4. The summed E-state index contributed by atoms with van der Waals surface area (Å²) >= 11 is 9.00. The lowest BCUT2D eigenvalue weighted by molar-refractivity contribution is 0.0697. The van der Waals surface area contributed by atoms with Crippen LogP contribution < -0.4 is 5.32 Å². The third-order valence-electron chi connectivity index (χ3n) is 1.85. The van der Waals surface area contributed by atoms with Crippen molar-refractivity contribution in [1.82, 2.24) is 0 Å². The highest BCUT2D eigenvalue weighted by molar-refractivity contribution is 9.10. The van der Waals surface area contributed by atoms with Crippen molar-refractivity contribution in [1.29, 1.82) is 0 Å². The van der Waals surface area contributed by atoms with Gasteiger partial charge in [0.25, 0.3) is 0 Å². The van der Waals surface area contributed by atoms with Gasteiger partial charge in [-0.25, -0.2) is 9.59 Å². The number of halogens is 2. The van der Waals surface area contributed by atoms with E-state index < -0.39 is 12.1 Å². The molecule has 2 N–H and O–H groups in total. The number of carbonyl (C=O) groups is 2. The number of benzene rings is 1. The van der Waals surface area contributed by atoms with Gasteiger partial charge in [0.05, 0.1) is 16.3 Å². The minimum absolute atomic E-state index is 0.0110. The summed E-state index contributed by atoms with van der Waals surface area (Å²) in [4.78, 5) is 22.1. The van der Waals surface area contributed by atoms with Crippen molar-refractivity contribution in [3.63, 3.8) is 0 Å². The molecule has 0 aromatic heterocycles. The van der Waals surface area contributed by atoms with Gasteiger partial charge in [0, 0.05) is 4.47 Å². The number of aromatic carboxylic acids is 1. The number of rotatable bonds is 4. The largest absolute Gasteiger partial charge is 0.478 e. The molecule has 96 valence electrons. The van der Waals surface area contributed by atoms with Gasteiger partial charge in [0.2, 0.25) is 0 Å². The molecule has 0 atom stereocenters. The summed E-state index contributed by atoms with van der Waals surface area (Å²) in [5.41, 5.74) is 0.257. The van der Waals surface area contributed by atoms with Crippen molar-refractivity contribution < 1.29 is 19.4 Å². The smallest absolute Gasteiger partial charge is 0.412 e. The van der Waals surface area contributed by atoms with E-state index in [0.29, 0.717) is 4.47 Å². The van der Waals surface area contributed by atoms with Crippen LogP contribution in [0.2, 0.25) is 5.02 Å². The molecule has 0 aliphatic heterocycles. The first-order valence-electron chi connectivity index (χ1n) is 4.72. The molecule has 0 aliphatic carbocycles. The Labute approximate surface area is 117 Å². The van der Waals surface area contributed by atoms with E-state index in [9.17, 15) is 9.59 Å². The molecule has 0 spiro atoms. The molecule has 0 saturated carbocycles. The molecule has 0 aliphatic rings. The second kappa shape index (κ2) is 6.42. The summed E-state index contributed by atoms with van der Waals surface area (Å²) in [6.07, 6.45) is 0.713. The predicted molar refractivity (Wildman–Crippen MR) is 71.3 cm³/mol. The number of anilines is 1. The van der Waals surface area contributed by atoms with Crippen LogP contribution >= 0.6 is 27.5 Å². The van der Waals surface area contributed by atoms with Crippen molar-refractivity contribution in [2.45, 2.75) is 0 Å². The van der Waals surface area contributed by atoms with Gasteiger partial charge in [-0.3, -0.25) is 5.32 Å². The Morgan fingerprint density at radius 2 is 2.22 bits per heavy atom. The predicted octanol–water partition coefficient (Wildman–Crippen LogP) is 3.54. The summed E-state index contributed by atoms with van der Waals surface area (Å²) in [5, 5.41) is 11.3. The summed E-state index contributed by atoms with van der Waals surface area (Å²) in [6, 6.07) is 2.56. The first-order valence-corrected chi connectivity index (χ1v) is 5.89. The molecule has 5 nitrogen and oxygen atoms in total. The van der Waals surface area contributed by atoms with E-state index in [1.165, 1.54) is 18.2 Å². The van der Waals surface area contributed by atoms with Gasteiger partial charge in [0.15, 0.2) is 0 Å². The Kier molecular flexibility index (Phi) is 5.18. The normalized spacial score (nSPS) is 9.67. The lowest BCUT2D eigenvalue weighted by Gasteiger charge is -2.10. The number of nitrogens with one attached hydrogen (secondary N) is 1. The van der Waals surface area contributed by atoms with E-state index in [-0.39, 0.29) is 22.9 Å². The second-order valence-electron chi connectivity index (χ2n) is 3.13. The van der Waals surface area contributed by atoms with Crippen LogP contribution in [0.5, 0.6) is 0 Å². The molecule has 0 fully saturated rings. The monoisotopic (exact) mass is 333 g/mol. The molecule has 0 radical (unpaired) electrons. The zero-order valence-electron chi connectivity index (χ0n) is 9.07. The van der Waals surface area contributed by atoms with Gasteiger partial charge >= 0.3 is 12.1 Å². The van der Waals surface area contributed by atoms with Crippen molar-refractivity contribution in [3.8, 4) is 0 Å². The minimum Gasteiger partial charge on any atom is -0.478 e. The second-order valence-corrected chi connectivity index (χ2v) is 4.39. The van der Waals surface area contributed by atoms with Crippen molar-refractivity contribution in [2.24, 2.45) is 0 Å². The number of ether oxygens (including phenoxy) is 1. The first-order chi connectivity index (χ1) is 8.45. The van der Waals surface area contributed by atoms with Crippen molar-refractivity contribution in [3.05, 3.63) is 39.8 Å². The van der Waals surface area contributed by atoms with Crippen LogP contribution in [0.25, 0.3) is 0 Å². The Balaban J connectivity index is 2.93. The van der Waals surface area contributed by atoms with Crippen LogP contribution in [0.15, 0.2) is 29.3 Å². The molecule has 0 bridgehead atoms. The zero-order valence-corrected chi connectivity index (χ0v) is 11.4. The maximum absolute atomic E-state index is 11.3. The first kappa shape index (κ1) is 14.5. The standard InChI is InChI=1S/C11H9BrClNO4/c1-2-3-18-11(17)14-9-7(12)4-6(10(15)16)5-8(9)13/h2,4-5H,1,3H2,(H,14,17)(H,15,16). The maximum atomic E-state index is 11.3. The van der Waals surface area contributed by atoms with Gasteiger partial charge in [-0.15, -0.1) is 0 Å². The highest BCUT2D eigenvalue weighted by Gasteiger charge is 2.14. The number of carbonyl (C=O) groups excluding carboxylic acids is 1. The number of hydrogen-bond donors (Lipinski definition) is 2. The molecule has 1 aromatic rings. The number of hydrogen-bond acceptors (Lipinski definition) is 3. The van der Waals surface area contributed by atoms with Gasteiger partial charge in [0.1, 0.15) is 6.61 Å². The maximum Gasteiger partial charge on any atom is 0.412 e. The average Bonchev–Trinajstić information content (AvgIpc) is 2.30. The van der Waals surface area contributed by atoms with E-state index in [4.69, 9.17) is 21.4 Å². The topological polar surface area (TPSA) is 75.6 Å². The Morgan fingerprint density at radius 1 is 1.56 bits per heavy atom. The van der Waals surface area contributed by atoms with Crippen molar-refractivity contribution in [2.75, 3.05) is 11.9 Å². The molecule has 1 aromatic carbocycles. The number of carboxylic acid groups (broad SMARTS) is 1. The SMILES string of the molecule is C=CCOC(=O)Nc1c(Cl)cc(C(=O)O)cc1Br. The Hall–Kier alpha value is -1.53. The molecule has 1 amide bonds. The van der Waals surface area contributed by atoms with Gasteiger partial charge < -0.3 is 9.84 Å². The Morgan fingerprint density at radius 3 is 2.72 bits per heavy atom. The molecule has 0 unspecified atom stereocenters. The van der Waals surface area contributed by atoms with Gasteiger partial charge in [-0.05, 0) is 28.1 Å². The fourth-order valence-corrected chi connectivity index (χ4v) is 2.03. The molecule has 1 rings (SSSR count). The lowest BCUT2D eigenvalue weighted by Crippen LogP contribution is -2.14. The number of amides is 1. The van der Waals surface area contributed by atoms with E-state index >= 15 is 0 Å². The van der Waals surface area contributed by atoms with Crippen LogP contribution in [0.3, 0.4) is 0 Å². The Bertz CT molecular complexity index is 481. The third kappa shape index (κ3) is 3.75. The summed E-state index contributed by atoms with van der Waals surface area (Å²) in [7, 11) is 0. The number of carboxylic acids is 1. The fourth-order valence-electron chi connectivity index (χ4n) is 1.09. The summed E-state index contributed by atoms with van der Waals surface area (Å²) < 4.78 is 5.07. The van der Waals surface area contributed by atoms with Gasteiger partial charge in [-0.1, -0.05) is 24.3 Å². The molecule has 18 heavy (non-hydrogen) atoms. The average molecular weight is 335 g/mol. The third-order valence-corrected chi connectivity index (χ3v) is 2.77. The van der Waals surface area contributed by atoms with Crippen molar-refractivity contribution >= 4 is 45.3 Å². The highest BCUT2D eigenvalue weighted by atomic mass is 79.9. The molecule has 7 heteroatoms. The summed E-state index contributed by atoms with van der Waals surface area (Å²) in [5.74, 6) is -1.11. The molecule has 0 heterocycles. The van der Waals surface area contributed by atoms with E-state index in [1.54, 1.807) is 0 Å². The van der Waals surface area contributed by atoms with Crippen LogP contribution in [0.1, 0.15) is 10.4 Å². The van der Waals surface area contributed by atoms with Crippen LogP contribution in [0, 0.1) is 0 Å². The van der Waals surface area contributed by atoms with E-state index in [2.05, 4.69) is 27.8 Å². The zero-order chi connectivity index (χ0) is 13.7.